The van der Waals surface area contributed by atoms with Crippen LogP contribution in [0.2, 0.25) is 0 Å². The van der Waals surface area contributed by atoms with Crippen LogP contribution in [0, 0.1) is 11.6 Å². The standard InChI is InChI=1S/C34H37F2N3O6S/c1-22(40)25-16-26(18-30(17-25)39(46(3,43)44)29-9-5-4-6-10-29)34(42)38-32(15-24-12-27(35)19-28(36)13-24)33(41)21-37-20-23-8-7-11-31(14-23)45-2/h4-14,16-19,22,32-33,37,40-41H,15,20-21H2,1-3H3,(H,38,42)/t22?,32-,33+/m0/s1. The van der Waals surface area contributed by atoms with Crippen LogP contribution in [0.15, 0.2) is 91.0 Å². The fourth-order valence-corrected chi connectivity index (χ4v) is 6.02. The zero-order valence-corrected chi connectivity index (χ0v) is 26.5. The summed E-state index contributed by atoms with van der Waals surface area (Å²) in [5, 5.41) is 27.5. The Bertz CT molecular complexity index is 1740. The highest BCUT2D eigenvalue weighted by molar-refractivity contribution is 7.92. The SMILES string of the molecule is COc1cccc(CNC[C@@H](O)[C@H](Cc2cc(F)cc(F)c2)NC(=O)c2cc(C(C)O)cc(N(c3ccccc3)S(C)(=O)=O)c2)c1. The molecule has 4 N–H and O–H groups in total. The molecule has 244 valence electrons. The Morgan fingerprint density at radius 2 is 1.59 bits per heavy atom. The van der Waals surface area contributed by atoms with E-state index in [0.29, 0.717) is 18.0 Å². The van der Waals surface area contributed by atoms with E-state index in [4.69, 9.17) is 4.74 Å². The molecule has 12 heteroatoms. The minimum atomic E-state index is -3.89. The summed E-state index contributed by atoms with van der Waals surface area (Å²) >= 11 is 0. The number of nitrogens with zero attached hydrogens (tertiary/aromatic N) is 1. The number of para-hydroxylation sites is 1. The number of benzene rings is 4. The molecule has 0 aliphatic heterocycles. The van der Waals surface area contributed by atoms with Crippen molar-refractivity contribution < 1.29 is 36.9 Å². The van der Waals surface area contributed by atoms with E-state index in [1.807, 2.05) is 18.2 Å². The molecule has 46 heavy (non-hydrogen) atoms. The number of sulfonamides is 1. The fourth-order valence-electron chi connectivity index (χ4n) is 5.03. The fraction of sp³-hybridized carbons (Fsp3) is 0.265. The smallest absolute Gasteiger partial charge is 0.251 e. The summed E-state index contributed by atoms with van der Waals surface area (Å²) in [6, 6.07) is 21.8. The lowest BCUT2D eigenvalue weighted by Gasteiger charge is -2.26. The van der Waals surface area contributed by atoms with Gasteiger partial charge in [-0.05, 0) is 84.6 Å². The van der Waals surface area contributed by atoms with Crippen molar-refractivity contribution >= 4 is 27.3 Å². The molecular formula is C34H37F2N3O6S. The second-order valence-corrected chi connectivity index (χ2v) is 12.8. The van der Waals surface area contributed by atoms with Crippen LogP contribution in [0.5, 0.6) is 5.75 Å². The first-order valence-electron chi connectivity index (χ1n) is 14.5. The topological polar surface area (TPSA) is 128 Å². The first-order valence-corrected chi connectivity index (χ1v) is 16.3. The lowest BCUT2D eigenvalue weighted by atomic mass is 9.99. The van der Waals surface area contributed by atoms with Gasteiger partial charge in [0.1, 0.15) is 17.4 Å². The molecule has 0 aliphatic rings. The molecule has 1 unspecified atom stereocenters. The molecule has 0 radical (unpaired) electrons. The van der Waals surface area contributed by atoms with E-state index in [2.05, 4.69) is 10.6 Å². The number of hydrogen-bond donors (Lipinski definition) is 4. The van der Waals surface area contributed by atoms with Gasteiger partial charge in [-0.3, -0.25) is 4.79 Å². The summed E-state index contributed by atoms with van der Waals surface area (Å²) in [4.78, 5) is 13.7. The third-order valence-electron chi connectivity index (χ3n) is 7.22. The number of aliphatic hydroxyl groups is 2. The summed E-state index contributed by atoms with van der Waals surface area (Å²) in [6.45, 7) is 1.85. The van der Waals surface area contributed by atoms with E-state index in [0.717, 1.165) is 34.3 Å². The minimum Gasteiger partial charge on any atom is -0.497 e. The van der Waals surface area contributed by atoms with Crippen LogP contribution in [0.1, 0.15) is 40.1 Å². The van der Waals surface area contributed by atoms with Gasteiger partial charge in [0.15, 0.2) is 0 Å². The Morgan fingerprint density at radius 1 is 0.891 bits per heavy atom. The van der Waals surface area contributed by atoms with Crippen LogP contribution >= 0.6 is 0 Å². The van der Waals surface area contributed by atoms with Gasteiger partial charge in [-0.2, -0.15) is 0 Å². The molecule has 0 bridgehead atoms. The third kappa shape index (κ3) is 9.33. The van der Waals surface area contributed by atoms with Crippen molar-refractivity contribution in [1.82, 2.24) is 10.6 Å². The van der Waals surface area contributed by atoms with Crippen molar-refractivity contribution in [3.05, 3.63) is 125 Å². The molecule has 9 nitrogen and oxygen atoms in total. The number of ether oxygens (including phenoxy) is 1. The van der Waals surface area contributed by atoms with Crippen LogP contribution in [0.25, 0.3) is 0 Å². The average Bonchev–Trinajstić information content (AvgIpc) is 3.00. The molecular weight excluding hydrogens is 616 g/mol. The highest BCUT2D eigenvalue weighted by Gasteiger charge is 2.26. The number of anilines is 2. The molecule has 0 aromatic heterocycles. The maximum absolute atomic E-state index is 14.0. The molecule has 1 amide bonds. The first kappa shape index (κ1) is 34.5. The van der Waals surface area contributed by atoms with E-state index < -0.39 is 45.8 Å². The number of carbonyl (C=O) groups excluding carboxylic acids is 1. The lowest BCUT2D eigenvalue weighted by Crippen LogP contribution is -2.48. The van der Waals surface area contributed by atoms with Crippen molar-refractivity contribution in [3.8, 4) is 5.75 Å². The highest BCUT2D eigenvalue weighted by Crippen LogP contribution is 2.32. The van der Waals surface area contributed by atoms with Gasteiger partial charge in [0.05, 0.1) is 43.0 Å². The number of nitrogens with one attached hydrogen (secondary N) is 2. The van der Waals surface area contributed by atoms with Gasteiger partial charge in [0.25, 0.3) is 5.91 Å². The van der Waals surface area contributed by atoms with E-state index in [9.17, 15) is 32.2 Å². The van der Waals surface area contributed by atoms with Gasteiger partial charge in [-0.1, -0.05) is 30.3 Å². The van der Waals surface area contributed by atoms with Crippen molar-refractivity contribution in [2.75, 3.05) is 24.2 Å². The van der Waals surface area contributed by atoms with Crippen LogP contribution in [-0.4, -0.2) is 56.6 Å². The number of carbonyl (C=O) groups is 1. The molecule has 4 aromatic carbocycles. The second-order valence-electron chi connectivity index (χ2n) is 11.0. The zero-order chi connectivity index (χ0) is 33.4. The van der Waals surface area contributed by atoms with Gasteiger partial charge in [-0.25, -0.2) is 21.5 Å². The van der Waals surface area contributed by atoms with Gasteiger partial charge in [0, 0.05) is 24.7 Å². The number of rotatable bonds is 14. The number of hydrogen-bond acceptors (Lipinski definition) is 7. The number of amides is 1. The number of halogens is 2. The lowest BCUT2D eigenvalue weighted by molar-refractivity contribution is 0.0829. The van der Waals surface area contributed by atoms with Crippen molar-refractivity contribution in [3.63, 3.8) is 0 Å². The van der Waals surface area contributed by atoms with Crippen LogP contribution in [0.4, 0.5) is 20.2 Å². The van der Waals surface area contributed by atoms with Crippen molar-refractivity contribution in [2.45, 2.75) is 38.1 Å². The average molecular weight is 654 g/mol. The molecule has 0 fully saturated rings. The largest absolute Gasteiger partial charge is 0.497 e. The zero-order valence-electron chi connectivity index (χ0n) is 25.7. The maximum atomic E-state index is 14.0. The second kappa shape index (κ2) is 15.3. The third-order valence-corrected chi connectivity index (χ3v) is 8.30. The minimum absolute atomic E-state index is 0.00458. The Kier molecular flexibility index (Phi) is 11.5. The van der Waals surface area contributed by atoms with Crippen LogP contribution < -0.4 is 19.7 Å². The molecule has 4 rings (SSSR count). The Labute approximate surface area is 267 Å². The summed E-state index contributed by atoms with van der Waals surface area (Å²) < 4.78 is 60.2. The summed E-state index contributed by atoms with van der Waals surface area (Å²) in [5.74, 6) is -1.64. The molecule has 0 saturated carbocycles. The number of aliphatic hydroxyl groups excluding tert-OH is 2. The predicted molar refractivity (Wildman–Crippen MR) is 173 cm³/mol. The van der Waals surface area contributed by atoms with Crippen LogP contribution in [0.3, 0.4) is 0 Å². The van der Waals surface area contributed by atoms with Crippen molar-refractivity contribution in [1.29, 1.82) is 0 Å². The van der Waals surface area contributed by atoms with Gasteiger partial charge in [0.2, 0.25) is 10.0 Å². The summed E-state index contributed by atoms with van der Waals surface area (Å²) in [7, 11) is -2.33. The van der Waals surface area contributed by atoms with Gasteiger partial charge >= 0.3 is 0 Å². The van der Waals surface area contributed by atoms with Gasteiger partial charge < -0.3 is 25.6 Å². The van der Waals surface area contributed by atoms with E-state index in [1.165, 1.54) is 25.1 Å². The first-order chi connectivity index (χ1) is 21.8. The monoisotopic (exact) mass is 653 g/mol. The van der Waals surface area contributed by atoms with E-state index >= 15 is 0 Å². The van der Waals surface area contributed by atoms with Crippen molar-refractivity contribution in [2.24, 2.45) is 0 Å². The Balaban J connectivity index is 1.64. The molecule has 3 atom stereocenters. The van der Waals surface area contributed by atoms with E-state index in [-0.39, 0.29) is 35.3 Å². The maximum Gasteiger partial charge on any atom is 0.251 e. The Morgan fingerprint density at radius 3 is 2.22 bits per heavy atom. The molecule has 0 saturated heterocycles. The normalized spacial score (nSPS) is 13.5. The Hall–Kier alpha value is -4.36. The van der Waals surface area contributed by atoms with E-state index in [1.54, 1.807) is 43.5 Å². The molecule has 0 heterocycles. The summed E-state index contributed by atoms with van der Waals surface area (Å²) in [6.07, 6.45) is -1.36. The molecule has 0 aliphatic carbocycles. The van der Waals surface area contributed by atoms with Gasteiger partial charge in [-0.15, -0.1) is 0 Å². The quantitative estimate of drug-likeness (QED) is 0.157. The molecule has 0 spiro atoms. The predicted octanol–water partition coefficient (Wildman–Crippen LogP) is 4.62. The summed E-state index contributed by atoms with van der Waals surface area (Å²) in [5.41, 5.74) is 1.81. The van der Waals surface area contributed by atoms with Crippen LogP contribution in [-0.2, 0) is 23.0 Å². The molecule has 4 aromatic rings. The number of methoxy groups -OCH3 is 1. The highest BCUT2D eigenvalue weighted by atomic mass is 32.2.